The van der Waals surface area contributed by atoms with E-state index < -0.39 is 19.6 Å². The van der Waals surface area contributed by atoms with Crippen molar-refractivity contribution >= 4 is 5.97 Å². The highest BCUT2D eigenvalue weighted by Gasteiger charge is 2.59. The van der Waals surface area contributed by atoms with Crippen LogP contribution in [0.1, 0.15) is 184 Å². The molecule has 4 rings (SSSR count). The molecule has 0 spiro atoms. The van der Waals surface area contributed by atoms with Crippen molar-refractivity contribution in [2.24, 2.45) is 46.3 Å². The van der Waals surface area contributed by atoms with Gasteiger partial charge in [-0.15, -0.1) is 0 Å². The predicted octanol–water partition coefficient (Wildman–Crippen LogP) is 13.5. The van der Waals surface area contributed by atoms with Crippen LogP contribution in [0.4, 0.5) is 0 Å². The van der Waals surface area contributed by atoms with Crippen LogP contribution in [0.3, 0.4) is 0 Å². The van der Waals surface area contributed by atoms with E-state index in [9.17, 15) is 4.79 Å². The largest absolute Gasteiger partial charge is 0.462 e. The van der Waals surface area contributed by atoms with Gasteiger partial charge in [0.05, 0.1) is 0 Å². The topological polar surface area (TPSA) is 26.3 Å². The van der Waals surface area contributed by atoms with Crippen molar-refractivity contribution in [1.82, 2.24) is 0 Å². The Kier molecular flexibility index (Phi) is 12.2. The Morgan fingerprint density at radius 1 is 0.894 bits per heavy atom. The molecule has 0 heterocycles. The zero-order valence-corrected chi connectivity index (χ0v) is 30.7. The quantitative estimate of drug-likeness (QED) is 0.0788. The van der Waals surface area contributed by atoms with Gasteiger partial charge in [0.25, 0.3) is 0 Å². The Bertz CT molecular complexity index is 1250. The zero-order chi connectivity index (χ0) is 38.7. The van der Waals surface area contributed by atoms with Crippen LogP contribution in [0.15, 0.2) is 48.1 Å². The summed E-state index contributed by atoms with van der Waals surface area (Å²) in [5, 5.41) is 0. The molecule has 0 aromatic carbocycles. The molecule has 0 radical (unpaired) electrons. The molecule has 2 heteroatoms. The average molecular weight is 653 g/mol. The fourth-order valence-electron chi connectivity index (χ4n) is 10.7. The number of carbonyl (C=O) groups is 1. The van der Waals surface area contributed by atoms with Crippen LogP contribution in [0, 0.1) is 46.3 Å². The van der Waals surface area contributed by atoms with Gasteiger partial charge in [-0.2, -0.15) is 0 Å². The van der Waals surface area contributed by atoms with Gasteiger partial charge < -0.3 is 4.74 Å². The van der Waals surface area contributed by atoms with Crippen molar-refractivity contribution in [3.05, 3.63) is 48.1 Å². The van der Waals surface area contributed by atoms with Crippen molar-refractivity contribution in [3.63, 3.8) is 0 Å². The summed E-state index contributed by atoms with van der Waals surface area (Å²) in [5.74, 6) is 1.93. The van der Waals surface area contributed by atoms with Crippen molar-refractivity contribution in [2.45, 2.75) is 182 Å². The summed E-state index contributed by atoms with van der Waals surface area (Å²) in [4.78, 5) is 12.8. The van der Waals surface area contributed by atoms with Crippen LogP contribution in [0.2, 0.25) is 0 Å². The third-order valence-electron chi connectivity index (χ3n) is 13.3. The highest BCUT2D eigenvalue weighted by atomic mass is 16.5. The molecule has 3 saturated carbocycles. The normalized spacial score (nSPS) is 35.3. The van der Waals surface area contributed by atoms with E-state index in [2.05, 4.69) is 70.2 Å². The lowest BCUT2D eigenvalue weighted by molar-refractivity contribution is -0.151. The molecule has 0 amide bonds. The molecule has 0 unspecified atom stereocenters. The number of hydrogen-bond donors (Lipinski definition) is 0. The van der Waals surface area contributed by atoms with Gasteiger partial charge in [0.15, 0.2) is 0 Å². The highest BCUT2D eigenvalue weighted by Crippen LogP contribution is 2.67. The Hall–Kier alpha value is -1.57. The summed E-state index contributed by atoms with van der Waals surface area (Å²) in [6.45, 7) is 4.67. The lowest BCUT2D eigenvalue weighted by Gasteiger charge is -2.58. The van der Waals surface area contributed by atoms with E-state index in [0.717, 1.165) is 70.6 Å². The van der Waals surface area contributed by atoms with E-state index in [1.807, 2.05) is 0 Å². The molecule has 3 fully saturated rings. The fraction of sp³-hybridized carbons (Fsp3) is 0.800. The fourth-order valence-corrected chi connectivity index (χ4v) is 10.7. The van der Waals surface area contributed by atoms with E-state index in [1.54, 1.807) is 5.57 Å². The summed E-state index contributed by atoms with van der Waals surface area (Å²) < 4.78 is 52.8. The average Bonchev–Trinajstić information content (AvgIpc) is 3.44. The molecule has 0 aliphatic heterocycles. The zero-order valence-electron chi connectivity index (χ0n) is 36.7. The lowest BCUT2D eigenvalue weighted by Crippen LogP contribution is -2.51. The predicted molar refractivity (Wildman–Crippen MR) is 202 cm³/mol. The van der Waals surface area contributed by atoms with Crippen molar-refractivity contribution < 1.29 is 17.8 Å². The maximum atomic E-state index is 12.8. The standard InChI is InChI=1S/C45H74O2/c1-7-8-9-10-11-12-13-14-15-16-17-18-19-20-21-25-43(46)47-38-30-32-44(5)37(34-38)26-27-39-41-29-28-40(36(4)24-22-23-35(2)3)45(41,6)33-31-42(39)44/h8-9,11-12,14-15,26,35-36,38-42H,7,10,13,16-25,27-34H2,1-6H3/b9-8-,12-11-,15-14-/t36-,38+,39+,40-,41+,42+,44+,45-/m1/s1/i2D3,3D3. The first-order chi connectivity index (χ1) is 25.1. The number of esters is 1. The first-order valence-corrected chi connectivity index (χ1v) is 19.9. The van der Waals surface area contributed by atoms with Gasteiger partial charge >= 0.3 is 5.97 Å². The van der Waals surface area contributed by atoms with Crippen LogP contribution in [-0.4, -0.2) is 12.1 Å². The molecular formula is C45H74O2. The van der Waals surface area contributed by atoms with E-state index in [4.69, 9.17) is 13.0 Å². The van der Waals surface area contributed by atoms with Gasteiger partial charge in [0.2, 0.25) is 0 Å². The molecule has 0 N–H and O–H groups in total. The van der Waals surface area contributed by atoms with E-state index in [1.165, 1.54) is 44.9 Å². The third kappa shape index (κ3) is 10.5. The Balaban J connectivity index is 1.16. The monoisotopic (exact) mass is 653 g/mol. The van der Waals surface area contributed by atoms with Crippen LogP contribution in [-0.2, 0) is 9.53 Å². The van der Waals surface area contributed by atoms with Crippen LogP contribution in [0.5, 0.6) is 0 Å². The van der Waals surface area contributed by atoms with Gasteiger partial charge in [-0.05, 0) is 130 Å². The molecule has 0 bridgehead atoms. The Labute approximate surface area is 300 Å². The molecule has 8 atom stereocenters. The van der Waals surface area contributed by atoms with Crippen molar-refractivity contribution in [2.75, 3.05) is 0 Å². The minimum Gasteiger partial charge on any atom is -0.462 e. The minimum absolute atomic E-state index is 0.0130. The second-order valence-electron chi connectivity index (χ2n) is 16.4. The smallest absolute Gasteiger partial charge is 0.306 e. The molecule has 47 heavy (non-hydrogen) atoms. The summed E-state index contributed by atoms with van der Waals surface area (Å²) >= 11 is 0. The summed E-state index contributed by atoms with van der Waals surface area (Å²) in [6.07, 6.45) is 37.4. The lowest BCUT2D eigenvalue weighted by atomic mass is 9.47. The highest BCUT2D eigenvalue weighted by molar-refractivity contribution is 5.69. The molecule has 2 nitrogen and oxygen atoms in total. The van der Waals surface area contributed by atoms with Gasteiger partial charge in [-0.1, -0.05) is 128 Å². The second-order valence-corrected chi connectivity index (χ2v) is 16.4. The summed E-state index contributed by atoms with van der Waals surface area (Å²) in [6, 6.07) is 0. The number of carbonyl (C=O) groups excluding carboxylic acids is 1. The molecular weight excluding hydrogens is 572 g/mol. The van der Waals surface area contributed by atoms with Crippen LogP contribution in [0.25, 0.3) is 0 Å². The van der Waals surface area contributed by atoms with Crippen molar-refractivity contribution in [3.8, 4) is 0 Å². The number of hydrogen-bond acceptors (Lipinski definition) is 2. The number of fused-ring (bicyclic) bond motifs is 5. The van der Waals surface area contributed by atoms with Gasteiger partial charge in [0.1, 0.15) is 6.10 Å². The number of ether oxygens (including phenoxy) is 1. The molecule has 0 aromatic rings. The molecule has 0 saturated heterocycles. The van der Waals surface area contributed by atoms with Gasteiger partial charge in [0, 0.05) is 21.1 Å². The minimum atomic E-state index is -2.44. The molecule has 4 aliphatic rings. The Morgan fingerprint density at radius 2 is 1.64 bits per heavy atom. The molecule has 4 aliphatic carbocycles. The number of rotatable bonds is 19. The van der Waals surface area contributed by atoms with Gasteiger partial charge in [-0.3, -0.25) is 4.79 Å². The van der Waals surface area contributed by atoms with Gasteiger partial charge in [-0.25, -0.2) is 0 Å². The van der Waals surface area contributed by atoms with E-state index in [0.29, 0.717) is 47.8 Å². The summed E-state index contributed by atoms with van der Waals surface area (Å²) in [7, 11) is 0. The second kappa shape index (κ2) is 19.0. The maximum Gasteiger partial charge on any atom is 0.306 e. The maximum absolute atomic E-state index is 12.8. The molecule has 266 valence electrons. The first kappa shape index (κ1) is 30.3. The van der Waals surface area contributed by atoms with Crippen LogP contribution < -0.4 is 0 Å². The third-order valence-corrected chi connectivity index (χ3v) is 13.3. The molecule has 0 aromatic heterocycles. The van der Waals surface area contributed by atoms with E-state index in [-0.39, 0.29) is 23.9 Å². The Morgan fingerprint density at radius 3 is 2.43 bits per heavy atom. The van der Waals surface area contributed by atoms with Crippen LogP contribution >= 0.6 is 0 Å². The number of unbranched alkanes of at least 4 members (excludes halogenated alkanes) is 5. The van der Waals surface area contributed by atoms with E-state index >= 15 is 0 Å². The summed E-state index contributed by atoms with van der Waals surface area (Å²) in [5.41, 5.74) is 2.04. The van der Waals surface area contributed by atoms with Crippen molar-refractivity contribution in [1.29, 1.82) is 0 Å². The first-order valence-electron chi connectivity index (χ1n) is 22.9. The SMILES string of the molecule is [2H]C([2H])([2H])C(CCC[C@@H](C)[C@H]1CC[C@H]2[C@@H]3CC=C4C[C@@H](OC(=O)CCCCCCC/C=C\C/C=C\C/C=C\CC)CC[C@]4(C)[C@H]3CC[C@]12C)C([2H])([2H])[2H]. The number of allylic oxidation sites excluding steroid dienone is 7.